The van der Waals surface area contributed by atoms with Crippen molar-refractivity contribution in [2.75, 3.05) is 13.2 Å². The Morgan fingerprint density at radius 1 is 1.73 bits per heavy atom. The highest BCUT2D eigenvalue weighted by atomic mass is 16.3. The predicted octanol–water partition coefficient (Wildman–Crippen LogP) is -0.200. The maximum Gasteiger partial charge on any atom is 0.0925 e. The van der Waals surface area contributed by atoms with Crippen LogP contribution in [-0.2, 0) is 6.54 Å². The lowest BCUT2D eigenvalue weighted by molar-refractivity contribution is 0.291. The quantitative estimate of drug-likeness (QED) is 0.528. The van der Waals surface area contributed by atoms with Gasteiger partial charge in [-0.2, -0.15) is 0 Å². The van der Waals surface area contributed by atoms with E-state index in [0.717, 1.165) is 17.9 Å². The molecule has 4 heteroatoms. The Bertz CT molecular complexity index is 209. The lowest BCUT2D eigenvalue weighted by Gasteiger charge is -1.99. The van der Waals surface area contributed by atoms with Gasteiger partial charge in [0.1, 0.15) is 0 Å². The number of aryl methyl sites for hydroxylation is 1. The molecule has 0 unspecified atom stereocenters. The first-order valence-electron chi connectivity index (χ1n) is 3.65. The fourth-order valence-electron chi connectivity index (χ4n) is 0.851. The summed E-state index contributed by atoms with van der Waals surface area (Å²) in [6, 6.07) is 0. The minimum absolute atomic E-state index is 0.170. The monoisotopic (exact) mass is 155 g/mol. The van der Waals surface area contributed by atoms with Crippen molar-refractivity contribution >= 4 is 0 Å². The molecule has 0 spiro atoms. The van der Waals surface area contributed by atoms with E-state index in [0.29, 0.717) is 6.54 Å². The molecule has 4 nitrogen and oxygen atoms in total. The summed E-state index contributed by atoms with van der Waals surface area (Å²) < 4.78 is 0. The Labute approximate surface area is 65.7 Å². The van der Waals surface area contributed by atoms with Gasteiger partial charge >= 0.3 is 0 Å². The molecule has 0 aliphatic carbocycles. The van der Waals surface area contributed by atoms with Gasteiger partial charge in [0.05, 0.1) is 18.6 Å². The van der Waals surface area contributed by atoms with Crippen molar-refractivity contribution in [3.05, 3.63) is 17.7 Å². The highest BCUT2D eigenvalue weighted by molar-refractivity contribution is 5.07. The van der Waals surface area contributed by atoms with E-state index in [4.69, 9.17) is 5.11 Å². The standard InChI is InChI=1S/C7H13N3O/c1-6-7(10-5-9-6)4-8-2-3-11/h5,8,11H,2-4H2,1H3,(H,9,10). The van der Waals surface area contributed by atoms with E-state index in [1.54, 1.807) is 6.33 Å². The smallest absolute Gasteiger partial charge is 0.0925 e. The van der Waals surface area contributed by atoms with E-state index in [1.807, 2.05) is 6.92 Å². The van der Waals surface area contributed by atoms with Crippen LogP contribution in [0, 0.1) is 6.92 Å². The van der Waals surface area contributed by atoms with Crippen molar-refractivity contribution in [2.24, 2.45) is 0 Å². The molecule has 0 fully saturated rings. The molecule has 1 heterocycles. The molecule has 0 saturated carbocycles. The van der Waals surface area contributed by atoms with E-state index in [9.17, 15) is 0 Å². The lowest BCUT2D eigenvalue weighted by Crippen LogP contribution is -2.18. The van der Waals surface area contributed by atoms with Crippen molar-refractivity contribution in [1.82, 2.24) is 15.3 Å². The van der Waals surface area contributed by atoms with Crippen LogP contribution in [0.5, 0.6) is 0 Å². The Kier molecular flexibility index (Phi) is 3.07. The van der Waals surface area contributed by atoms with Crippen molar-refractivity contribution in [3.63, 3.8) is 0 Å². The molecule has 1 aromatic heterocycles. The summed E-state index contributed by atoms with van der Waals surface area (Å²) in [5.41, 5.74) is 2.09. The van der Waals surface area contributed by atoms with Crippen LogP contribution in [0.3, 0.4) is 0 Å². The second-order valence-electron chi connectivity index (χ2n) is 2.37. The molecule has 0 radical (unpaired) electrons. The van der Waals surface area contributed by atoms with Crippen molar-refractivity contribution in [2.45, 2.75) is 13.5 Å². The highest BCUT2D eigenvalue weighted by Gasteiger charge is 1.97. The van der Waals surface area contributed by atoms with Crippen LogP contribution in [0.25, 0.3) is 0 Å². The van der Waals surface area contributed by atoms with Gasteiger partial charge in [0.2, 0.25) is 0 Å². The van der Waals surface area contributed by atoms with Crippen LogP contribution in [0.2, 0.25) is 0 Å². The van der Waals surface area contributed by atoms with E-state index in [1.165, 1.54) is 0 Å². The van der Waals surface area contributed by atoms with Crippen LogP contribution >= 0.6 is 0 Å². The zero-order valence-corrected chi connectivity index (χ0v) is 6.59. The van der Waals surface area contributed by atoms with Crippen LogP contribution in [0.1, 0.15) is 11.4 Å². The molecule has 62 valence electrons. The Hall–Kier alpha value is -0.870. The van der Waals surface area contributed by atoms with Crippen molar-refractivity contribution in [1.29, 1.82) is 0 Å². The van der Waals surface area contributed by atoms with E-state index in [2.05, 4.69) is 15.3 Å². The molecule has 0 aliphatic rings. The van der Waals surface area contributed by atoms with Crippen LogP contribution < -0.4 is 5.32 Å². The average molecular weight is 155 g/mol. The minimum Gasteiger partial charge on any atom is -0.395 e. The van der Waals surface area contributed by atoms with Crippen molar-refractivity contribution < 1.29 is 5.11 Å². The number of aromatic amines is 1. The predicted molar refractivity (Wildman–Crippen MR) is 42.1 cm³/mol. The third kappa shape index (κ3) is 2.32. The SMILES string of the molecule is Cc1[nH]cnc1CNCCO. The first-order chi connectivity index (χ1) is 5.34. The van der Waals surface area contributed by atoms with Gasteiger partial charge in [-0.25, -0.2) is 4.98 Å². The summed E-state index contributed by atoms with van der Waals surface area (Å²) in [6.07, 6.45) is 1.67. The number of nitrogens with zero attached hydrogens (tertiary/aromatic N) is 1. The van der Waals surface area contributed by atoms with Gasteiger partial charge in [-0.15, -0.1) is 0 Å². The average Bonchev–Trinajstić information content (AvgIpc) is 2.37. The maximum absolute atomic E-state index is 8.47. The summed E-state index contributed by atoms with van der Waals surface area (Å²) in [6.45, 7) is 3.48. The van der Waals surface area contributed by atoms with Gasteiger partial charge in [0, 0.05) is 18.8 Å². The van der Waals surface area contributed by atoms with Gasteiger partial charge < -0.3 is 15.4 Å². The molecule has 0 aliphatic heterocycles. The van der Waals surface area contributed by atoms with Gasteiger partial charge in [0.25, 0.3) is 0 Å². The molecule has 0 aromatic carbocycles. The first-order valence-corrected chi connectivity index (χ1v) is 3.65. The number of aliphatic hydroxyl groups is 1. The number of nitrogens with one attached hydrogen (secondary N) is 2. The molecule has 0 saturated heterocycles. The van der Waals surface area contributed by atoms with Gasteiger partial charge in [-0.3, -0.25) is 0 Å². The molecule has 1 rings (SSSR count). The Morgan fingerprint density at radius 3 is 3.09 bits per heavy atom. The summed E-state index contributed by atoms with van der Waals surface area (Å²) in [5.74, 6) is 0. The zero-order valence-electron chi connectivity index (χ0n) is 6.59. The third-order valence-electron chi connectivity index (χ3n) is 1.52. The molecular weight excluding hydrogens is 142 g/mol. The molecule has 0 amide bonds. The number of H-pyrrole nitrogens is 1. The number of hydrogen-bond acceptors (Lipinski definition) is 3. The number of aromatic nitrogens is 2. The number of rotatable bonds is 4. The third-order valence-corrected chi connectivity index (χ3v) is 1.52. The number of hydrogen-bond donors (Lipinski definition) is 3. The Morgan fingerprint density at radius 2 is 2.55 bits per heavy atom. The number of imidazole rings is 1. The topological polar surface area (TPSA) is 60.9 Å². The summed E-state index contributed by atoms with van der Waals surface area (Å²) in [4.78, 5) is 7.07. The fraction of sp³-hybridized carbons (Fsp3) is 0.571. The lowest BCUT2D eigenvalue weighted by atomic mass is 10.3. The van der Waals surface area contributed by atoms with E-state index < -0.39 is 0 Å². The normalized spacial score (nSPS) is 10.4. The summed E-state index contributed by atoms with van der Waals surface area (Å²) >= 11 is 0. The van der Waals surface area contributed by atoms with Crippen LogP contribution in [-0.4, -0.2) is 28.2 Å². The summed E-state index contributed by atoms with van der Waals surface area (Å²) in [5, 5.41) is 11.5. The highest BCUT2D eigenvalue weighted by Crippen LogP contribution is 1.98. The number of aliphatic hydroxyl groups excluding tert-OH is 1. The van der Waals surface area contributed by atoms with Crippen molar-refractivity contribution in [3.8, 4) is 0 Å². The first kappa shape index (κ1) is 8.23. The maximum atomic E-state index is 8.47. The van der Waals surface area contributed by atoms with Gasteiger partial charge in [-0.1, -0.05) is 0 Å². The second kappa shape index (κ2) is 4.10. The molecule has 1 aromatic rings. The summed E-state index contributed by atoms with van der Waals surface area (Å²) in [7, 11) is 0. The molecular formula is C7H13N3O. The van der Waals surface area contributed by atoms with Gasteiger partial charge in [-0.05, 0) is 6.92 Å². The zero-order chi connectivity index (χ0) is 8.10. The molecule has 11 heavy (non-hydrogen) atoms. The van der Waals surface area contributed by atoms with E-state index >= 15 is 0 Å². The fourth-order valence-corrected chi connectivity index (χ4v) is 0.851. The largest absolute Gasteiger partial charge is 0.395 e. The minimum atomic E-state index is 0.170. The van der Waals surface area contributed by atoms with Crippen LogP contribution in [0.4, 0.5) is 0 Å². The molecule has 0 atom stereocenters. The second-order valence-corrected chi connectivity index (χ2v) is 2.37. The van der Waals surface area contributed by atoms with Crippen LogP contribution in [0.15, 0.2) is 6.33 Å². The molecule has 3 N–H and O–H groups in total. The molecule has 0 bridgehead atoms. The van der Waals surface area contributed by atoms with Gasteiger partial charge in [0.15, 0.2) is 0 Å². The Balaban J connectivity index is 2.32. The van der Waals surface area contributed by atoms with E-state index in [-0.39, 0.29) is 6.61 Å².